The van der Waals surface area contributed by atoms with Gasteiger partial charge in [-0.2, -0.15) is 18.2 Å². The molecule has 0 bridgehead atoms. The molecule has 0 radical (unpaired) electrons. The largest absolute Gasteiger partial charge is 0.467 e. The highest BCUT2D eigenvalue weighted by molar-refractivity contribution is 6.31. The molecule has 2 heterocycles. The van der Waals surface area contributed by atoms with Crippen LogP contribution in [0.15, 0.2) is 48.9 Å². The minimum atomic E-state index is -4.68. The van der Waals surface area contributed by atoms with Crippen LogP contribution in [-0.4, -0.2) is 33.0 Å². The van der Waals surface area contributed by atoms with Gasteiger partial charge in [-0.3, -0.25) is 4.79 Å². The molecule has 4 aromatic rings. The van der Waals surface area contributed by atoms with E-state index < -0.39 is 22.7 Å². The smallest absolute Gasteiger partial charge is 0.417 e. The average molecular weight is 489 g/mol. The Morgan fingerprint density at radius 3 is 2.62 bits per heavy atom. The van der Waals surface area contributed by atoms with Crippen LogP contribution in [0.3, 0.4) is 0 Å². The number of ether oxygens (including phenoxy) is 1. The fraction of sp³-hybridized carbons (Fsp3) is 0.136. The van der Waals surface area contributed by atoms with Crippen LogP contribution in [0, 0.1) is 6.92 Å². The number of benzene rings is 2. The van der Waals surface area contributed by atoms with Crippen LogP contribution in [0.4, 0.5) is 30.4 Å². The third-order valence-corrected chi connectivity index (χ3v) is 5.15. The van der Waals surface area contributed by atoms with Crippen molar-refractivity contribution in [3.05, 3.63) is 70.6 Å². The lowest BCUT2D eigenvalue weighted by Crippen LogP contribution is -2.14. The molecular formula is C22H16ClF3N6O2. The van der Waals surface area contributed by atoms with E-state index in [9.17, 15) is 18.0 Å². The number of anilines is 3. The molecule has 1 amide bonds. The van der Waals surface area contributed by atoms with Crippen LogP contribution in [-0.2, 0) is 6.18 Å². The van der Waals surface area contributed by atoms with E-state index in [2.05, 4.69) is 30.6 Å². The molecule has 0 aliphatic heterocycles. The summed E-state index contributed by atoms with van der Waals surface area (Å²) in [6, 6.07) is 8.11. The quantitative estimate of drug-likeness (QED) is 0.387. The molecule has 0 unspecified atom stereocenters. The first-order chi connectivity index (χ1) is 16.2. The number of amides is 1. The summed E-state index contributed by atoms with van der Waals surface area (Å²) in [4.78, 5) is 29.2. The standard InChI is InChI=1S/C22H16ClF3N6O2/c1-11-3-5-13(30-20(33)12-4-6-15(23)14(7-12)22(24,25)26)8-16(11)31-19-18-17(28-10-29-19)9-27-21(32-18)34-2/h3-10H,1-2H3,(H,30,33)(H,28,29,31). The zero-order chi connectivity index (χ0) is 24.5. The van der Waals surface area contributed by atoms with Gasteiger partial charge in [0.1, 0.15) is 17.4 Å². The molecular weight excluding hydrogens is 473 g/mol. The van der Waals surface area contributed by atoms with Gasteiger partial charge in [-0.15, -0.1) is 0 Å². The summed E-state index contributed by atoms with van der Waals surface area (Å²) in [6.45, 7) is 1.84. The predicted molar refractivity (Wildman–Crippen MR) is 121 cm³/mol. The summed E-state index contributed by atoms with van der Waals surface area (Å²) < 4.78 is 44.5. The third-order valence-electron chi connectivity index (χ3n) is 4.82. The maximum absolute atomic E-state index is 13.1. The molecule has 0 saturated heterocycles. The van der Waals surface area contributed by atoms with E-state index in [1.54, 1.807) is 18.2 Å². The molecule has 34 heavy (non-hydrogen) atoms. The number of rotatable bonds is 5. The Labute approximate surface area is 196 Å². The van der Waals surface area contributed by atoms with Gasteiger partial charge < -0.3 is 15.4 Å². The second-order valence-electron chi connectivity index (χ2n) is 7.11. The lowest BCUT2D eigenvalue weighted by molar-refractivity contribution is -0.137. The monoisotopic (exact) mass is 488 g/mol. The van der Waals surface area contributed by atoms with Crippen molar-refractivity contribution in [1.29, 1.82) is 0 Å². The van der Waals surface area contributed by atoms with Crippen molar-refractivity contribution in [2.24, 2.45) is 0 Å². The topological polar surface area (TPSA) is 102 Å². The number of aromatic nitrogens is 4. The zero-order valence-corrected chi connectivity index (χ0v) is 18.5. The number of halogens is 4. The van der Waals surface area contributed by atoms with Gasteiger partial charge in [0.15, 0.2) is 5.82 Å². The number of hydrogen-bond acceptors (Lipinski definition) is 7. The SMILES string of the molecule is COc1ncc2ncnc(Nc3cc(NC(=O)c4ccc(Cl)c(C(F)(F)F)c4)ccc3C)c2n1. The summed E-state index contributed by atoms with van der Waals surface area (Å²) in [5, 5.41) is 5.26. The molecule has 8 nitrogen and oxygen atoms in total. The Balaban J connectivity index is 1.61. The summed E-state index contributed by atoms with van der Waals surface area (Å²) in [5.41, 5.74) is 1.40. The molecule has 0 aliphatic rings. The van der Waals surface area contributed by atoms with Crippen molar-refractivity contribution >= 4 is 45.7 Å². The van der Waals surface area contributed by atoms with Crippen molar-refractivity contribution in [2.45, 2.75) is 13.1 Å². The van der Waals surface area contributed by atoms with Gasteiger partial charge in [0.05, 0.1) is 23.9 Å². The summed E-state index contributed by atoms with van der Waals surface area (Å²) >= 11 is 5.63. The molecule has 12 heteroatoms. The van der Waals surface area contributed by atoms with Crippen LogP contribution in [0.25, 0.3) is 11.0 Å². The van der Waals surface area contributed by atoms with E-state index in [1.165, 1.54) is 25.7 Å². The number of hydrogen-bond donors (Lipinski definition) is 2. The van der Waals surface area contributed by atoms with Crippen LogP contribution >= 0.6 is 11.6 Å². The van der Waals surface area contributed by atoms with Gasteiger partial charge in [-0.05, 0) is 42.8 Å². The minimum Gasteiger partial charge on any atom is -0.467 e. The first kappa shape index (κ1) is 23.2. The van der Waals surface area contributed by atoms with Crippen LogP contribution in [0.2, 0.25) is 5.02 Å². The Morgan fingerprint density at radius 2 is 1.88 bits per heavy atom. The molecule has 0 atom stereocenters. The highest BCUT2D eigenvalue weighted by atomic mass is 35.5. The van der Waals surface area contributed by atoms with Gasteiger partial charge in [0, 0.05) is 16.9 Å². The Morgan fingerprint density at radius 1 is 1.09 bits per heavy atom. The first-order valence-electron chi connectivity index (χ1n) is 9.73. The lowest BCUT2D eigenvalue weighted by Gasteiger charge is -2.14. The average Bonchev–Trinajstić information content (AvgIpc) is 2.80. The van der Waals surface area contributed by atoms with Crippen molar-refractivity contribution in [3.8, 4) is 6.01 Å². The number of carbonyl (C=O) groups is 1. The van der Waals surface area contributed by atoms with Gasteiger partial charge in [0.2, 0.25) is 0 Å². The lowest BCUT2D eigenvalue weighted by atomic mass is 10.1. The fourth-order valence-electron chi connectivity index (χ4n) is 3.08. The molecule has 0 saturated carbocycles. The zero-order valence-electron chi connectivity index (χ0n) is 17.7. The molecule has 0 spiro atoms. The van der Waals surface area contributed by atoms with Crippen molar-refractivity contribution in [2.75, 3.05) is 17.7 Å². The molecule has 2 N–H and O–H groups in total. The minimum absolute atomic E-state index is 0.143. The third kappa shape index (κ3) is 4.84. The van der Waals surface area contributed by atoms with Crippen LogP contribution < -0.4 is 15.4 Å². The van der Waals surface area contributed by atoms with Gasteiger partial charge in [-0.25, -0.2) is 15.0 Å². The Hall–Kier alpha value is -3.99. The van der Waals surface area contributed by atoms with E-state index in [-0.39, 0.29) is 11.6 Å². The van der Waals surface area contributed by atoms with Crippen molar-refractivity contribution in [3.63, 3.8) is 0 Å². The van der Waals surface area contributed by atoms with Crippen LogP contribution in [0.5, 0.6) is 6.01 Å². The summed E-state index contributed by atoms with van der Waals surface area (Å²) in [7, 11) is 1.44. The van der Waals surface area contributed by atoms with E-state index in [4.69, 9.17) is 16.3 Å². The maximum Gasteiger partial charge on any atom is 0.417 e. The molecule has 2 aromatic carbocycles. The van der Waals surface area contributed by atoms with Gasteiger partial charge in [0.25, 0.3) is 5.91 Å². The van der Waals surface area contributed by atoms with E-state index in [1.807, 2.05) is 6.92 Å². The predicted octanol–water partition coefficient (Wildman–Crippen LogP) is 5.40. The Bertz CT molecular complexity index is 1400. The van der Waals surface area contributed by atoms with E-state index in [0.29, 0.717) is 34.3 Å². The highest BCUT2D eigenvalue weighted by Gasteiger charge is 2.33. The second kappa shape index (κ2) is 9.10. The number of nitrogens with zero attached hydrogens (tertiary/aromatic N) is 4. The Kier molecular flexibility index (Phi) is 6.20. The molecule has 4 rings (SSSR count). The normalized spacial score (nSPS) is 11.4. The van der Waals surface area contributed by atoms with Crippen molar-refractivity contribution in [1.82, 2.24) is 19.9 Å². The number of alkyl halides is 3. The highest BCUT2D eigenvalue weighted by Crippen LogP contribution is 2.35. The summed E-state index contributed by atoms with van der Waals surface area (Å²) in [6.07, 6.45) is -1.83. The number of nitrogens with one attached hydrogen (secondary N) is 2. The second-order valence-corrected chi connectivity index (χ2v) is 7.52. The first-order valence-corrected chi connectivity index (χ1v) is 10.1. The van der Waals surface area contributed by atoms with E-state index >= 15 is 0 Å². The number of fused-ring (bicyclic) bond motifs is 1. The fourth-order valence-corrected chi connectivity index (χ4v) is 3.30. The summed E-state index contributed by atoms with van der Waals surface area (Å²) in [5.74, 6) is -0.341. The van der Waals surface area contributed by atoms with Crippen molar-refractivity contribution < 1.29 is 22.7 Å². The van der Waals surface area contributed by atoms with E-state index in [0.717, 1.165) is 11.6 Å². The van der Waals surface area contributed by atoms with Gasteiger partial charge >= 0.3 is 12.2 Å². The number of carbonyl (C=O) groups excluding carboxylic acids is 1. The molecule has 0 fully saturated rings. The van der Waals surface area contributed by atoms with Gasteiger partial charge in [-0.1, -0.05) is 17.7 Å². The van der Waals surface area contributed by atoms with Crippen LogP contribution in [0.1, 0.15) is 21.5 Å². The molecule has 0 aliphatic carbocycles. The molecule has 174 valence electrons. The molecule has 2 aromatic heterocycles. The maximum atomic E-state index is 13.1. The number of methoxy groups -OCH3 is 1. The number of aryl methyl sites for hydroxylation is 1.